The molecule has 0 fully saturated rings. The number of imidazole rings is 1. The summed E-state index contributed by atoms with van der Waals surface area (Å²) in [6.07, 6.45) is 4.14. The molecule has 0 aliphatic rings. The number of rotatable bonds is 7. The maximum Gasteiger partial charge on any atom is 1.00 e. The zero-order valence-corrected chi connectivity index (χ0v) is 18.4. The van der Waals surface area contributed by atoms with E-state index in [1.54, 1.807) is 23.5 Å². The molecule has 0 amide bonds. The first-order valence-electron chi connectivity index (χ1n) is 8.02. The predicted octanol–water partition coefficient (Wildman–Crippen LogP) is 0.0801. The third-order valence-electron chi connectivity index (χ3n) is 3.89. The molecule has 0 N–H and O–H groups in total. The van der Waals surface area contributed by atoms with Gasteiger partial charge in [-0.05, 0) is 25.1 Å². The van der Waals surface area contributed by atoms with Gasteiger partial charge >= 0.3 is 29.6 Å². The van der Waals surface area contributed by atoms with Gasteiger partial charge in [0.15, 0.2) is 0 Å². The van der Waals surface area contributed by atoms with Crippen LogP contribution in [0.2, 0.25) is 0 Å². The quantitative estimate of drug-likeness (QED) is 0.328. The normalized spacial score (nSPS) is 12.0. The summed E-state index contributed by atoms with van der Waals surface area (Å²) < 4.78 is 24.9. The van der Waals surface area contributed by atoms with Crippen LogP contribution in [0.5, 0.6) is 5.75 Å². The average molecular weight is 383 g/mol. The average Bonchev–Trinajstić information content (AvgIpc) is 2.99. The summed E-state index contributed by atoms with van der Waals surface area (Å²) in [4.78, 5) is 9.12. The first-order chi connectivity index (χ1) is 12.1. The molecule has 0 aliphatic carbocycles. The largest absolute Gasteiger partial charge is 1.00 e. The topological polar surface area (TPSA) is 72.2 Å². The first kappa shape index (κ1) is 21.2. The molecule has 3 rings (SSSR count). The van der Waals surface area contributed by atoms with Crippen LogP contribution in [0.4, 0.5) is 0 Å². The molecule has 1 aromatic carbocycles. The zero-order valence-electron chi connectivity index (χ0n) is 16.6. The minimum atomic E-state index is -1.25. The van der Waals surface area contributed by atoms with E-state index in [0.29, 0.717) is 24.7 Å². The third-order valence-corrected chi connectivity index (χ3v) is 4.78. The summed E-state index contributed by atoms with van der Waals surface area (Å²) in [5.74, 6) is 1.34. The number of methoxy groups -OCH3 is 1. The van der Waals surface area contributed by atoms with Crippen LogP contribution in [-0.2, 0) is 16.1 Å². The van der Waals surface area contributed by atoms with Crippen LogP contribution in [-0.4, -0.2) is 45.1 Å². The second-order valence-electron chi connectivity index (χ2n) is 5.62. The van der Waals surface area contributed by atoms with Crippen LogP contribution in [0, 0.1) is 6.92 Å². The number of ether oxygens (including phenoxy) is 2. The van der Waals surface area contributed by atoms with Crippen LogP contribution < -0.4 is 34.3 Å². The predicted molar refractivity (Wildman–Crippen MR) is 100 cm³/mol. The van der Waals surface area contributed by atoms with Crippen molar-refractivity contribution in [2.24, 2.45) is 0 Å². The van der Waals surface area contributed by atoms with Crippen LogP contribution in [0.1, 0.15) is 13.4 Å². The van der Waals surface area contributed by atoms with Gasteiger partial charge in [0.2, 0.25) is 5.82 Å². The van der Waals surface area contributed by atoms with Crippen LogP contribution in [0.3, 0.4) is 0 Å². The molecule has 6 nitrogen and oxygen atoms in total. The van der Waals surface area contributed by atoms with Crippen molar-refractivity contribution in [1.82, 2.24) is 13.9 Å². The Kier molecular flexibility index (Phi) is 7.94. The van der Waals surface area contributed by atoms with Crippen LogP contribution in [0.25, 0.3) is 22.6 Å². The molecule has 8 heteroatoms. The van der Waals surface area contributed by atoms with Crippen molar-refractivity contribution < 1.29 is 45.0 Å². The Morgan fingerprint density at radius 1 is 1.23 bits per heavy atom. The van der Waals surface area contributed by atoms with Crippen molar-refractivity contribution in [3.8, 4) is 17.3 Å². The molecular formula is C18H22N3NaO3S. The summed E-state index contributed by atoms with van der Waals surface area (Å²) in [7, 11) is 1.67. The molecule has 1 atom stereocenters. The molecule has 2 aromatic heterocycles. The van der Waals surface area contributed by atoms with Crippen LogP contribution in [0.15, 0.2) is 36.5 Å². The van der Waals surface area contributed by atoms with Gasteiger partial charge in [-0.3, -0.25) is 4.98 Å². The second kappa shape index (κ2) is 9.73. The molecule has 0 spiro atoms. The van der Waals surface area contributed by atoms with E-state index in [4.69, 9.17) is 9.47 Å². The van der Waals surface area contributed by atoms with Crippen molar-refractivity contribution in [1.29, 1.82) is 0 Å². The standard InChI is InChI=1S/C18H21N3O3S.Na.H/c1-13-16(24-12-6-11-23-2)9-10-19-17(13)18-20-14-7-4-5-8-15(14)21(18)25(3)22;;/h4-5,7-10H,6,11-12H2,1-3H3;;/q;+1;-1. The number of benzene rings is 1. The number of aromatic nitrogens is 3. The molecule has 0 radical (unpaired) electrons. The second-order valence-corrected chi connectivity index (χ2v) is 6.83. The smallest absolute Gasteiger partial charge is 1.00 e. The third kappa shape index (κ3) is 4.42. The molecule has 26 heavy (non-hydrogen) atoms. The maximum atomic E-state index is 12.3. The fourth-order valence-electron chi connectivity index (χ4n) is 2.70. The van der Waals surface area contributed by atoms with E-state index in [1.165, 1.54) is 0 Å². The van der Waals surface area contributed by atoms with Gasteiger partial charge in [0.1, 0.15) is 23.2 Å². The van der Waals surface area contributed by atoms with Gasteiger partial charge < -0.3 is 15.5 Å². The number of hydrogen-bond acceptors (Lipinski definition) is 5. The Hall–Kier alpha value is -1.09. The van der Waals surface area contributed by atoms with E-state index in [1.807, 2.05) is 37.3 Å². The summed E-state index contributed by atoms with van der Waals surface area (Å²) in [6, 6.07) is 9.47. The summed E-state index contributed by atoms with van der Waals surface area (Å²) in [6.45, 7) is 3.16. The molecule has 0 aliphatic heterocycles. The van der Waals surface area contributed by atoms with Crippen molar-refractivity contribution in [2.75, 3.05) is 26.6 Å². The van der Waals surface area contributed by atoms with Crippen molar-refractivity contribution in [2.45, 2.75) is 13.3 Å². The molecular weight excluding hydrogens is 361 g/mol. The number of hydrogen-bond donors (Lipinski definition) is 0. The monoisotopic (exact) mass is 383 g/mol. The summed E-state index contributed by atoms with van der Waals surface area (Å²) >= 11 is -1.25. The van der Waals surface area contributed by atoms with Crippen molar-refractivity contribution in [3.63, 3.8) is 0 Å². The van der Waals surface area contributed by atoms with Gasteiger partial charge in [-0.1, -0.05) is 12.1 Å². The van der Waals surface area contributed by atoms with E-state index < -0.39 is 11.4 Å². The number of pyridine rings is 1. The number of fused-ring (bicyclic) bond motifs is 1. The van der Waals surface area contributed by atoms with Gasteiger partial charge in [-0.2, -0.15) is 0 Å². The van der Waals surface area contributed by atoms with Crippen molar-refractivity contribution in [3.05, 3.63) is 42.1 Å². The Bertz CT molecular complexity index is 876. The summed E-state index contributed by atoms with van der Waals surface area (Å²) in [5.41, 5.74) is 3.17. The van der Waals surface area contributed by atoms with Gasteiger partial charge in [-0.15, -0.1) is 3.97 Å². The Labute approximate surface area is 180 Å². The fraction of sp³-hybridized carbons (Fsp3) is 0.333. The number of nitrogens with zero attached hydrogens (tertiary/aromatic N) is 3. The van der Waals surface area contributed by atoms with Gasteiger partial charge in [0.05, 0.1) is 23.5 Å². The SMILES string of the molecule is COCCCOc1ccnc(-c2nc3ccccc3n2[S+](C)[O-])c1C.[H-].[Na+]. The first-order valence-corrected chi connectivity index (χ1v) is 9.54. The minimum Gasteiger partial charge on any atom is -1.00 e. The number of para-hydroxylation sites is 2. The Morgan fingerprint density at radius 3 is 2.73 bits per heavy atom. The molecule has 0 saturated carbocycles. The minimum absolute atomic E-state index is 0. The van der Waals surface area contributed by atoms with Crippen LogP contribution >= 0.6 is 0 Å². The Morgan fingerprint density at radius 2 is 2.00 bits per heavy atom. The molecule has 1 unspecified atom stereocenters. The molecule has 0 saturated heterocycles. The van der Waals surface area contributed by atoms with E-state index in [9.17, 15) is 4.55 Å². The van der Waals surface area contributed by atoms with E-state index in [2.05, 4.69) is 9.97 Å². The molecule has 134 valence electrons. The molecule has 3 aromatic rings. The van der Waals surface area contributed by atoms with E-state index in [-0.39, 0.29) is 31.0 Å². The van der Waals surface area contributed by atoms with Gasteiger partial charge in [-0.25, -0.2) is 4.98 Å². The molecule has 2 heterocycles. The summed E-state index contributed by atoms with van der Waals surface area (Å²) in [5, 5.41) is 0. The van der Waals surface area contributed by atoms with E-state index >= 15 is 0 Å². The Balaban J connectivity index is 0.00000182. The maximum absolute atomic E-state index is 12.3. The zero-order chi connectivity index (χ0) is 17.8. The fourth-order valence-corrected chi connectivity index (χ4v) is 3.50. The van der Waals surface area contributed by atoms with E-state index in [0.717, 1.165) is 28.8 Å². The molecule has 0 bridgehead atoms. The van der Waals surface area contributed by atoms with Crippen molar-refractivity contribution >= 4 is 22.4 Å². The van der Waals surface area contributed by atoms with Gasteiger partial charge in [0, 0.05) is 31.9 Å². The van der Waals surface area contributed by atoms with Gasteiger partial charge in [0.25, 0.3) is 0 Å².